The average Bonchev–Trinajstić information content (AvgIpc) is 3.48. The molecule has 0 saturated carbocycles. The molecular formula is C27H27F6N7O7S2. The number of carboxylic acid groups (broad SMARTS) is 1. The van der Waals surface area contributed by atoms with Crippen LogP contribution in [0.2, 0.25) is 0 Å². The number of alkyl halides is 6. The molecule has 0 bridgehead atoms. The van der Waals surface area contributed by atoms with Crippen LogP contribution in [0.4, 0.5) is 26.3 Å². The molecule has 5 rings (SSSR count). The zero-order chi connectivity index (χ0) is 36.1. The number of amides is 1. The zero-order valence-corrected chi connectivity index (χ0v) is 26.7. The van der Waals surface area contributed by atoms with Crippen molar-refractivity contribution in [1.82, 2.24) is 19.5 Å². The first kappa shape index (κ1) is 37.3. The Morgan fingerprint density at radius 1 is 0.959 bits per heavy atom. The highest BCUT2D eigenvalue weighted by atomic mass is 32.2. The molecule has 0 aromatic heterocycles. The third kappa shape index (κ3) is 9.33. The number of nitrogens with one attached hydrogen (secondary N) is 1. The van der Waals surface area contributed by atoms with Crippen molar-refractivity contribution in [2.75, 3.05) is 33.2 Å². The van der Waals surface area contributed by atoms with Crippen molar-refractivity contribution < 1.29 is 58.9 Å². The number of nitrogens with zero attached hydrogens (tertiary/aromatic N) is 5. The number of carbonyl (C=O) groups is 2. The van der Waals surface area contributed by atoms with Crippen LogP contribution in [-0.2, 0) is 26.2 Å². The Bertz CT molecular complexity index is 1740. The van der Waals surface area contributed by atoms with Gasteiger partial charge in [0.15, 0.2) is 16.0 Å². The van der Waals surface area contributed by atoms with E-state index in [0.717, 1.165) is 57.5 Å². The predicted molar refractivity (Wildman–Crippen MR) is 162 cm³/mol. The van der Waals surface area contributed by atoms with Gasteiger partial charge < -0.3 is 30.5 Å². The zero-order valence-electron chi connectivity index (χ0n) is 25.1. The summed E-state index contributed by atoms with van der Waals surface area (Å²) in [7, 11) is -2.99. The van der Waals surface area contributed by atoms with Crippen LogP contribution in [0.5, 0.6) is 11.5 Å². The first-order valence-corrected chi connectivity index (χ1v) is 16.1. The van der Waals surface area contributed by atoms with E-state index in [2.05, 4.69) is 30.6 Å². The lowest BCUT2D eigenvalue weighted by Crippen LogP contribution is -2.61. The highest BCUT2D eigenvalue weighted by molar-refractivity contribution is 8.26. The molecule has 1 amide bonds. The second-order valence-corrected chi connectivity index (χ2v) is 12.6. The van der Waals surface area contributed by atoms with E-state index < -0.39 is 57.1 Å². The number of sulfonamides is 1. The monoisotopic (exact) mass is 739 g/mol. The molecule has 0 aliphatic carbocycles. The number of aliphatic imine (C=N–C) groups is 1. The number of hydrogen-bond acceptors (Lipinski definition) is 12. The lowest BCUT2D eigenvalue weighted by atomic mass is 10.2. The van der Waals surface area contributed by atoms with E-state index in [-0.39, 0.29) is 48.8 Å². The van der Waals surface area contributed by atoms with Gasteiger partial charge in [0.1, 0.15) is 17.5 Å². The number of halogens is 6. The average molecular weight is 740 g/mol. The Kier molecular flexibility index (Phi) is 11.4. The minimum Gasteiger partial charge on any atom is -0.477 e. The Labute approximate surface area is 278 Å². The fourth-order valence-electron chi connectivity index (χ4n) is 4.64. The molecule has 1 fully saturated rings. The maximum atomic E-state index is 13.7. The third-order valence-electron chi connectivity index (χ3n) is 6.70. The first-order valence-electron chi connectivity index (χ1n) is 13.9. The van der Waals surface area contributed by atoms with E-state index in [1.165, 1.54) is 25.3 Å². The SMILES string of the molecule is CN.O=C(O)C1=CCN=C2SC(N3CCN(S(=O)(=O)c4ccc(OC(F)(F)F)cc4)[C@@H](C(=O)NCc4ccc(OC(F)(F)F)cc4)C3)=NN12. The van der Waals surface area contributed by atoms with Crippen LogP contribution in [0.25, 0.3) is 0 Å². The quantitative estimate of drug-likeness (QED) is 0.339. The minimum absolute atomic E-state index is 0.0159. The Hall–Kier alpha value is -4.54. The van der Waals surface area contributed by atoms with Gasteiger partial charge in [-0.2, -0.15) is 9.31 Å². The van der Waals surface area contributed by atoms with Crippen molar-refractivity contribution in [3.63, 3.8) is 0 Å². The highest BCUT2D eigenvalue weighted by Gasteiger charge is 2.43. The third-order valence-corrected chi connectivity index (χ3v) is 9.63. The number of benzene rings is 2. The van der Waals surface area contributed by atoms with Gasteiger partial charge in [0.2, 0.25) is 15.9 Å². The van der Waals surface area contributed by atoms with Crippen molar-refractivity contribution in [2.24, 2.45) is 15.8 Å². The number of carbonyl (C=O) groups excluding carboxylic acids is 1. The second-order valence-electron chi connectivity index (χ2n) is 9.82. The molecule has 0 spiro atoms. The number of carboxylic acids is 1. The molecule has 3 aliphatic heterocycles. The molecule has 2 aromatic rings. The Balaban J connectivity index is 0.00000265. The second kappa shape index (κ2) is 14.9. The molecule has 3 heterocycles. The molecule has 49 heavy (non-hydrogen) atoms. The molecule has 0 radical (unpaired) electrons. The van der Waals surface area contributed by atoms with E-state index in [1.54, 1.807) is 4.90 Å². The summed E-state index contributed by atoms with van der Waals surface area (Å²) < 4.78 is 111. The number of ether oxygens (including phenoxy) is 2. The van der Waals surface area contributed by atoms with E-state index in [9.17, 15) is 49.5 Å². The summed E-state index contributed by atoms with van der Waals surface area (Å²) in [6, 6.07) is 6.58. The molecule has 22 heteroatoms. The number of hydrogen-bond donors (Lipinski definition) is 3. The van der Waals surface area contributed by atoms with Crippen LogP contribution in [0.1, 0.15) is 5.56 Å². The maximum absolute atomic E-state index is 13.7. The standard InChI is InChI=1S/C26H22F6N6O7S2.CH5N/c27-25(28,29)44-16-3-1-15(2-4-16)13-34-21(39)20-14-36(24-35-38-19(22(40)41)9-10-33-23(38)46-24)11-12-37(20)47(42,43)18-7-5-17(6-8-18)45-26(30,31)32;1-2/h1-9,20H,10-14H2,(H,34,39)(H,40,41);2H2,1H3/t20-;/m1./s1. The van der Waals surface area contributed by atoms with E-state index in [4.69, 9.17) is 0 Å². The maximum Gasteiger partial charge on any atom is 0.573 e. The van der Waals surface area contributed by atoms with Gasteiger partial charge in [-0.25, -0.2) is 13.2 Å². The summed E-state index contributed by atoms with van der Waals surface area (Å²) in [5.41, 5.74) is 4.71. The van der Waals surface area contributed by atoms with E-state index in [0.29, 0.717) is 5.56 Å². The van der Waals surface area contributed by atoms with Crippen molar-refractivity contribution >= 4 is 44.0 Å². The smallest absolute Gasteiger partial charge is 0.477 e. The largest absolute Gasteiger partial charge is 0.573 e. The van der Waals surface area contributed by atoms with E-state index in [1.807, 2.05) is 0 Å². The summed E-state index contributed by atoms with van der Waals surface area (Å²) >= 11 is 1.01. The van der Waals surface area contributed by atoms with Gasteiger partial charge in [0.05, 0.1) is 11.4 Å². The number of hydrazone groups is 1. The van der Waals surface area contributed by atoms with Crippen LogP contribution in [-0.4, -0.2) is 102 Å². The summed E-state index contributed by atoms with van der Waals surface area (Å²) in [6.45, 7) is -0.712. The van der Waals surface area contributed by atoms with Gasteiger partial charge in [-0.3, -0.25) is 9.79 Å². The van der Waals surface area contributed by atoms with Crippen molar-refractivity contribution in [3.8, 4) is 11.5 Å². The Morgan fingerprint density at radius 2 is 1.53 bits per heavy atom. The molecule has 1 atom stereocenters. The van der Waals surface area contributed by atoms with Crippen molar-refractivity contribution in [1.29, 1.82) is 0 Å². The van der Waals surface area contributed by atoms with Gasteiger partial charge in [-0.15, -0.1) is 31.4 Å². The Morgan fingerprint density at radius 3 is 2.08 bits per heavy atom. The van der Waals surface area contributed by atoms with Gasteiger partial charge >= 0.3 is 18.7 Å². The van der Waals surface area contributed by atoms with Gasteiger partial charge in [0, 0.05) is 26.2 Å². The summed E-state index contributed by atoms with van der Waals surface area (Å²) in [4.78, 5) is 30.6. The van der Waals surface area contributed by atoms with Crippen LogP contribution in [0, 0.1) is 0 Å². The number of thioether (sulfide) groups is 1. The summed E-state index contributed by atoms with van der Waals surface area (Å²) in [5.74, 6) is -3.21. The lowest BCUT2D eigenvalue weighted by Gasteiger charge is -2.39. The highest BCUT2D eigenvalue weighted by Crippen LogP contribution is 2.32. The van der Waals surface area contributed by atoms with Crippen molar-refractivity contribution in [2.45, 2.75) is 30.2 Å². The normalized spacial score (nSPS) is 18.3. The topological polar surface area (TPSA) is 179 Å². The number of fused-ring (bicyclic) bond motifs is 1. The molecular weight excluding hydrogens is 712 g/mol. The molecule has 0 unspecified atom stereocenters. The van der Waals surface area contributed by atoms with Crippen LogP contribution >= 0.6 is 11.8 Å². The molecule has 14 nitrogen and oxygen atoms in total. The lowest BCUT2D eigenvalue weighted by molar-refractivity contribution is -0.275. The summed E-state index contributed by atoms with van der Waals surface area (Å²) in [6.07, 6.45) is -8.56. The van der Waals surface area contributed by atoms with E-state index >= 15 is 0 Å². The first-order chi connectivity index (χ1) is 23.0. The van der Waals surface area contributed by atoms with Gasteiger partial charge in [-0.1, -0.05) is 12.1 Å². The number of aliphatic carboxylic acids is 1. The predicted octanol–water partition coefficient (Wildman–Crippen LogP) is 2.71. The molecule has 266 valence electrons. The molecule has 1 saturated heterocycles. The van der Waals surface area contributed by atoms with Crippen LogP contribution < -0.4 is 20.5 Å². The van der Waals surface area contributed by atoms with Crippen LogP contribution in [0.3, 0.4) is 0 Å². The molecule has 4 N–H and O–H groups in total. The number of rotatable bonds is 8. The molecule has 3 aliphatic rings. The minimum atomic E-state index is -5.01. The fraction of sp³-hybridized carbons (Fsp3) is 0.333. The van der Waals surface area contributed by atoms with Gasteiger partial charge in [-0.05, 0) is 66.8 Å². The molecule has 2 aromatic carbocycles. The number of amidine groups is 2. The summed E-state index contributed by atoms with van der Waals surface area (Å²) in [5, 5.41) is 18.0. The number of nitrogens with two attached hydrogens (primary N) is 1. The fourth-order valence-corrected chi connectivity index (χ4v) is 7.15. The van der Waals surface area contributed by atoms with Crippen LogP contribution in [0.15, 0.2) is 75.3 Å². The number of piperazine rings is 1. The van der Waals surface area contributed by atoms with Gasteiger partial charge in [0.25, 0.3) is 0 Å². The van der Waals surface area contributed by atoms with Crippen molar-refractivity contribution in [3.05, 3.63) is 65.9 Å².